The number of aromatic nitrogens is 3. The molecule has 7 nitrogen and oxygen atoms in total. The number of ketones is 1. The van der Waals surface area contributed by atoms with Gasteiger partial charge in [-0.05, 0) is 63.6 Å². The number of Topliss-reactive ketones (excluding diaryl/α,β-unsaturated/α-hetero) is 1. The number of amides is 1. The van der Waals surface area contributed by atoms with Crippen LogP contribution in [-0.4, -0.2) is 32.2 Å². The van der Waals surface area contributed by atoms with Gasteiger partial charge in [-0.15, -0.1) is 16.8 Å². The molecule has 0 radical (unpaired) electrons. The lowest BCUT2D eigenvalue weighted by molar-refractivity contribution is -0.113. The van der Waals surface area contributed by atoms with Gasteiger partial charge in [0.15, 0.2) is 22.9 Å². The Morgan fingerprint density at radius 1 is 1.18 bits per heavy atom. The Labute approximate surface area is 198 Å². The standard InChI is InChI=1S/C25H28N4O3S/c1-6-13-29-24(19(5)32-22-12-7-16(2)14-17(22)3)27-28-25(29)33-15-23(31)26-21-10-8-20(9-11-21)18(4)30/h6-12,14,19H,1,13,15H2,2-5H3,(H,26,31). The number of rotatable bonds is 10. The van der Waals surface area contributed by atoms with Crippen molar-refractivity contribution < 1.29 is 14.3 Å². The average molecular weight is 465 g/mol. The normalized spacial score (nSPS) is 11.6. The number of nitrogens with zero attached hydrogens (tertiary/aromatic N) is 3. The molecule has 0 aliphatic rings. The van der Waals surface area contributed by atoms with Gasteiger partial charge in [0, 0.05) is 17.8 Å². The first kappa shape index (κ1) is 24.3. The summed E-state index contributed by atoms with van der Waals surface area (Å²) >= 11 is 1.29. The van der Waals surface area contributed by atoms with Crippen LogP contribution in [0.5, 0.6) is 5.75 Å². The van der Waals surface area contributed by atoms with Gasteiger partial charge in [0.05, 0.1) is 5.75 Å². The second-order valence-electron chi connectivity index (χ2n) is 7.74. The van der Waals surface area contributed by atoms with Crippen molar-refractivity contribution >= 4 is 29.1 Å². The number of allylic oxidation sites excluding steroid dienone is 1. The quantitative estimate of drug-likeness (QED) is 0.254. The van der Waals surface area contributed by atoms with Crippen LogP contribution in [0, 0.1) is 13.8 Å². The molecule has 1 unspecified atom stereocenters. The van der Waals surface area contributed by atoms with Crippen molar-refractivity contribution in [2.75, 3.05) is 11.1 Å². The van der Waals surface area contributed by atoms with E-state index in [4.69, 9.17) is 4.74 Å². The lowest BCUT2D eigenvalue weighted by Crippen LogP contribution is -2.15. The second kappa shape index (κ2) is 11.0. The number of thioether (sulfide) groups is 1. The van der Waals surface area contributed by atoms with Crippen LogP contribution in [0.1, 0.15) is 47.3 Å². The van der Waals surface area contributed by atoms with E-state index in [-0.39, 0.29) is 23.5 Å². The van der Waals surface area contributed by atoms with Crippen LogP contribution in [0.2, 0.25) is 0 Å². The van der Waals surface area contributed by atoms with E-state index in [0.717, 1.165) is 11.3 Å². The molecule has 0 saturated heterocycles. The Morgan fingerprint density at radius 3 is 2.55 bits per heavy atom. The van der Waals surface area contributed by atoms with Crippen LogP contribution in [-0.2, 0) is 11.3 Å². The number of hydrogen-bond acceptors (Lipinski definition) is 6. The first-order valence-corrected chi connectivity index (χ1v) is 11.6. The van der Waals surface area contributed by atoms with E-state index in [2.05, 4.69) is 28.2 Å². The lowest BCUT2D eigenvalue weighted by Gasteiger charge is -2.17. The summed E-state index contributed by atoms with van der Waals surface area (Å²) in [6.07, 6.45) is 1.43. The fraction of sp³-hybridized carbons (Fsp3) is 0.280. The number of anilines is 1. The summed E-state index contributed by atoms with van der Waals surface area (Å²) in [6, 6.07) is 12.8. The average Bonchev–Trinajstić information content (AvgIpc) is 3.17. The molecule has 1 amide bonds. The van der Waals surface area contributed by atoms with Crippen LogP contribution in [0.3, 0.4) is 0 Å². The summed E-state index contributed by atoms with van der Waals surface area (Å²) in [6.45, 7) is 11.8. The summed E-state index contributed by atoms with van der Waals surface area (Å²) in [7, 11) is 0. The maximum Gasteiger partial charge on any atom is 0.234 e. The highest BCUT2D eigenvalue weighted by atomic mass is 32.2. The van der Waals surface area contributed by atoms with Gasteiger partial charge in [0.2, 0.25) is 5.91 Å². The van der Waals surface area contributed by atoms with Crippen molar-refractivity contribution in [2.45, 2.75) is 45.5 Å². The van der Waals surface area contributed by atoms with Crippen LogP contribution < -0.4 is 10.1 Å². The highest BCUT2D eigenvalue weighted by molar-refractivity contribution is 7.99. The predicted octanol–water partition coefficient (Wildman–Crippen LogP) is 5.15. The topological polar surface area (TPSA) is 86.1 Å². The summed E-state index contributed by atoms with van der Waals surface area (Å²) in [5.74, 6) is 1.43. The minimum absolute atomic E-state index is 0.0171. The minimum atomic E-state index is -0.332. The molecular formula is C25H28N4O3S. The van der Waals surface area contributed by atoms with Gasteiger partial charge in [-0.3, -0.25) is 14.2 Å². The molecule has 1 aromatic heterocycles. The van der Waals surface area contributed by atoms with E-state index < -0.39 is 0 Å². The fourth-order valence-corrected chi connectivity index (χ4v) is 4.05. The Hall–Kier alpha value is -3.39. The second-order valence-corrected chi connectivity index (χ2v) is 8.68. The van der Waals surface area contributed by atoms with E-state index in [0.29, 0.717) is 28.8 Å². The summed E-state index contributed by atoms with van der Waals surface area (Å²) in [4.78, 5) is 23.8. The zero-order chi connectivity index (χ0) is 24.0. The summed E-state index contributed by atoms with van der Waals surface area (Å²) in [5.41, 5.74) is 3.47. The fourth-order valence-electron chi connectivity index (χ4n) is 3.30. The highest BCUT2D eigenvalue weighted by Crippen LogP contribution is 2.27. The number of benzene rings is 2. The minimum Gasteiger partial charge on any atom is -0.482 e. The van der Waals surface area contributed by atoms with Crippen molar-refractivity contribution in [3.05, 3.63) is 77.6 Å². The molecule has 172 valence electrons. The SMILES string of the molecule is C=CCn1c(SCC(=O)Nc2ccc(C(C)=O)cc2)nnc1C(C)Oc1ccc(C)cc1C. The first-order chi connectivity index (χ1) is 15.8. The summed E-state index contributed by atoms with van der Waals surface area (Å²) in [5, 5.41) is 12.0. The molecule has 8 heteroatoms. The number of carbonyl (C=O) groups is 2. The van der Waals surface area contributed by atoms with Crippen molar-refractivity contribution in [3.63, 3.8) is 0 Å². The van der Waals surface area contributed by atoms with Gasteiger partial charge in [-0.1, -0.05) is 35.5 Å². The smallest absolute Gasteiger partial charge is 0.234 e. The van der Waals surface area contributed by atoms with Crippen LogP contribution in [0.4, 0.5) is 5.69 Å². The molecule has 33 heavy (non-hydrogen) atoms. The van der Waals surface area contributed by atoms with Gasteiger partial charge in [0.25, 0.3) is 0 Å². The van der Waals surface area contributed by atoms with E-state index in [1.807, 2.05) is 37.5 Å². The van der Waals surface area contributed by atoms with Crippen LogP contribution in [0.25, 0.3) is 0 Å². The molecule has 0 fully saturated rings. The van der Waals surface area contributed by atoms with Crippen molar-refractivity contribution in [1.29, 1.82) is 0 Å². The Kier molecular flexibility index (Phi) is 8.06. The molecule has 3 aromatic rings. The number of aryl methyl sites for hydroxylation is 2. The highest BCUT2D eigenvalue weighted by Gasteiger charge is 2.20. The Bertz CT molecular complexity index is 1150. The van der Waals surface area contributed by atoms with E-state index in [9.17, 15) is 9.59 Å². The zero-order valence-corrected chi connectivity index (χ0v) is 20.1. The molecule has 1 N–H and O–H groups in total. The molecule has 2 aromatic carbocycles. The largest absolute Gasteiger partial charge is 0.482 e. The molecule has 0 aliphatic carbocycles. The molecule has 0 spiro atoms. The number of carbonyl (C=O) groups excluding carboxylic acids is 2. The van der Waals surface area contributed by atoms with Crippen molar-refractivity contribution in [1.82, 2.24) is 14.8 Å². The van der Waals surface area contributed by atoms with E-state index in [1.54, 1.807) is 30.3 Å². The number of nitrogens with one attached hydrogen (secondary N) is 1. The maximum atomic E-state index is 12.4. The molecule has 3 rings (SSSR count). The molecule has 0 aliphatic heterocycles. The van der Waals surface area contributed by atoms with Gasteiger partial charge >= 0.3 is 0 Å². The third-order valence-electron chi connectivity index (χ3n) is 4.96. The predicted molar refractivity (Wildman–Crippen MR) is 131 cm³/mol. The molecule has 0 bridgehead atoms. The van der Waals surface area contributed by atoms with Crippen LogP contribution >= 0.6 is 11.8 Å². The van der Waals surface area contributed by atoms with Crippen molar-refractivity contribution in [2.24, 2.45) is 0 Å². The molecule has 0 saturated carbocycles. The lowest BCUT2D eigenvalue weighted by atomic mass is 10.1. The third kappa shape index (κ3) is 6.32. The first-order valence-electron chi connectivity index (χ1n) is 10.6. The molecule has 1 heterocycles. The number of ether oxygens (including phenoxy) is 1. The molecule has 1 atom stereocenters. The van der Waals surface area contributed by atoms with Gasteiger partial charge in [0.1, 0.15) is 5.75 Å². The zero-order valence-electron chi connectivity index (χ0n) is 19.3. The van der Waals surface area contributed by atoms with Gasteiger partial charge < -0.3 is 10.1 Å². The number of hydrogen-bond donors (Lipinski definition) is 1. The Morgan fingerprint density at radius 2 is 1.91 bits per heavy atom. The van der Waals surface area contributed by atoms with E-state index >= 15 is 0 Å². The van der Waals surface area contributed by atoms with E-state index in [1.165, 1.54) is 24.2 Å². The Balaban J connectivity index is 1.66. The monoisotopic (exact) mass is 464 g/mol. The maximum absolute atomic E-state index is 12.4. The summed E-state index contributed by atoms with van der Waals surface area (Å²) < 4.78 is 8.05. The molecular weight excluding hydrogens is 436 g/mol. The van der Waals surface area contributed by atoms with Gasteiger partial charge in [-0.25, -0.2) is 0 Å². The van der Waals surface area contributed by atoms with Gasteiger partial charge in [-0.2, -0.15) is 0 Å². The third-order valence-corrected chi connectivity index (χ3v) is 5.93. The van der Waals surface area contributed by atoms with Crippen LogP contribution in [0.15, 0.2) is 60.3 Å². The van der Waals surface area contributed by atoms with Crippen molar-refractivity contribution in [3.8, 4) is 5.75 Å².